The molecule has 2 amide bonds. The average Bonchev–Trinajstić information content (AvgIpc) is 3.40. The molecule has 4 rings (SSSR count). The molecule has 0 saturated carbocycles. The molecule has 0 aliphatic carbocycles. The Bertz CT molecular complexity index is 1130. The van der Waals surface area contributed by atoms with Crippen molar-refractivity contribution in [2.75, 3.05) is 32.2 Å². The predicted molar refractivity (Wildman–Crippen MR) is 135 cm³/mol. The van der Waals surface area contributed by atoms with E-state index >= 15 is 0 Å². The van der Waals surface area contributed by atoms with Crippen LogP contribution in [0.15, 0.2) is 60.0 Å². The van der Waals surface area contributed by atoms with Gasteiger partial charge in [0.25, 0.3) is 5.91 Å². The Balaban J connectivity index is 1.47. The number of likely N-dealkylation sites (tertiary alicyclic amines) is 1. The molecule has 3 aromatic rings. The molecule has 1 saturated heterocycles. The number of hydrogen-bond donors (Lipinski definition) is 0. The van der Waals surface area contributed by atoms with Gasteiger partial charge in [0.2, 0.25) is 5.91 Å². The first-order valence-electron chi connectivity index (χ1n) is 11.1. The van der Waals surface area contributed by atoms with Gasteiger partial charge in [-0.15, -0.1) is 11.3 Å². The normalized spacial score (nSPS) is 14.0. The number of piperidine rings is 1. The van der Waals surface area contributed by atoms with E-state index in [2.05, 4.69) is 0 Å². The number of thiophene rings is 1. The quantitative estimate of drug-likeness (QED) is 0.431. The van der Waals surface area contributed by atoms with Gasteiger partial charge >= 0.3 is 0 Å². The maximum absolute atomic E-state index is 13.6. The Kier molecular flexibility index (Phi) is 7.75. The number of nitrogens with zero attached hydrogens (tertiary/aromatic N) is 2. The van der Waals surface area contributed by atoms with E-state index in [-0.39, 0.29) is 17.7 Å². The van der Waals surface area contributed by atoms with Crippen LogP contribution in [-0.2, 0) is 11.3 Å². The molecular weight excluding hydrogens is 472 g/mol. The highest BCUT2D eigenvalue weighted by molar-refractivity contribution is 7.09. The molecule has 1 aromatic heterocycles. The zero-order chi connectivity index (χ0) is 24.1. The third-order valence-electron chi connectivity index (χ3n) is 6.07. The summed E-state index contributed by atoms with van der Waals surface area (Å²) in [5, 5.41) is 2.50. The maximum atomic E-state index is 13.6. The monoisotopic (exact) mass is 498 g/mol. The molecule has 2 aromatic carbocycles. The summed E-state index contributed by atoms with van der Waals surface area (Å²) in [7, 11) is 3.16. The topological polar surface area (TPSA) is 59.1 Å². The third kappa shape index (κ3) is 5.37. The second-order valence-corrected chi connectivity index (χ2v) is 9.58. The first kappa shape index (κ1) is 24.1. The molecule has 0 atom stereocenters. The molecule has 0 N–H and O–H groups in total. The summed E-state index contributed by atoms with van der Waals surface area (Å²) in [5.41, 5.74) is 1.28. The van der Waals surface area contributed by atoms with Gasteiger partial charge in [-0.2, -0.15) is 0 Å². The first-order chi connectivity index (χ1) is 16.5. The van der Waals surface area contributed by atoms with E-state index in [0.29, 0.717) is 48.8 Å². The SMILES string of the molecule is COc1ccc(N(Cc2cccs2)C(=O)C2CCN(C(=O)c3cc(Cl)ccc3OC)CC2)cc1. The number of halogens is 1. The van der Waals surface area contributed by atoms with Crippen LogP contribution >= 0.6 is 22.9 Å². The van der Waals surface area contributed by atoms with Gasteiger partial charge in [-0.3, -0.25) is 9.59 Å². The van der Waals surface area contributed by atoms with Crippen molar-refractivity contribution >= 4 is 40.4 Å². The molecule has 2 heterocycles. The summed E-state index contributed by atoms with van der Waals surface area (Å²) in [4.78, 5) is 31.5. The van der Waals surface area contributed by atoms with E-state index in [1.54, 1.807) is 41.5 Å². The van der Waals surface area contributed by atoms with Crippen LogP contribution in [0.2, 0.25) is 5.02 Å². The highest BCUT2D eigenvalue weighted by Crippen LogP contribution is 2.30. The van der Waals surface area contributed by atoms with Crippen LogP contribution in [-0.4, -0.2) is 44.0 Å². The minimum absolute atomic E-state index is 0.0750. The molecule has 34 heavy (non-hydrogen) atoms. The first-order valence-corrected chi connectivity index (χ1v) is 12.4. The zero-order valence-corrected chi connectivity index (χ0v) is 20.8. The van der Waals surface area contributed by atoms with E-state index in [0.717, 1.165) is 16.3 Å². The Hall–Kier alpha value is -3.03. The molecule has 178 valence electrons. The van der Waals surface area contributed by atoms with Crippen molar-refractivity contribution in [1.82, 2.24) is 4.90 Å². The van der Waals surface area contributed by atoms with Gasteiger partial charge in [0.1, 0.15) is 11.5 Å². The Morgan fingerprint density at radius 1 is 1.06 bits per heavy atom. The number of methoxy groups -OCH3 is 2. The lowest BCUT2D eigenvalue weighted by atomic mass is 9.94. The van der Waals surface area contributed by atoms with E-state index < -0.39 is 0 Å². The van der Waals surface area contributed by atoms with Gasteiger partial charge < -0.3 is 19.3 Å². The molecule has 0 spiro atoms. The Labute approximate surface area is 208 Å². The lowest BCUT2D eigenvalue weighted by Crippen LogP contribution is -2.44. The van der Waals surface area contributed by atoms with Crippen molar-refractivity contribution in [3.8, 4) is 11.5 Å². The lowest BCUT2D eigenvalue weighted by Gasteiger charge is -2.34. The summed E-state index contributed by atoms with van der Waals surface area (Å²) < 4.78 is 10.6. The van der Waals surface area contributed by atoms with E-state index in [1.165, 1.54) is 7.11 Å². The number of hydrogen-bond acceptors (Lipinski definition) is 5. The molecule has 0 unspecified atom stereocenters. The second-order valence-electron chi connectivity index (χ2n) is 8.11. The van der Waals surface area contributed by atoms with Crippen LogP contribution in [0.4, 0.5) is 5.69 Å². The molecule has 6 nitrogen and oxygen atoms in total. The van der Waals surface area contributed by atoms with Gasteiger partial charge in [-0.05, 0) is 66.8 Å². The molecule has 8 heteroatoms. The second kappa shape index (κ2) is 10.9. The van der Waals surface area contributed by atoms with Crippen molar-refractivity contribution in [2.24, 2.45) is 5.92 Å². The lowest BCUT2D eigenvalue weighted by molar-refractivity contribution is -0.123. The van der Waals surface area contributed by atoms with Gasteiger partial charge in [0.05, 0.1) is 26.3 Å². The number of benzene rings is 2. The molecule has 0 bridgehead atoms. The van der Waals surface area contributed by atoms with Crippen LogP contribution in [0.1, 0.15) is 28.1 Å². The molecule has 0 radical (unpaired) electrons. The van der Waals surface area contributed by atoms with Crippen molar-refractivity contribution < 1.29 is 19.1 Å². The van der Waals surface area contributed by atoms with Gasteiger partial charge in [0.15, 0.2) is 0 Å². The summed E-state index contributed by atoms with van der Waals surface area (Å²) in [6, 6.07) is 16.6. The van der Waals surface area contributed by atoms with Gasteiger partial charge in [-0.25, -0.2) is 0 Å². The number of carbonyl (C=O) groups excluding carboxylic acids is 2. The largest absolute Gasteiger partial charge is 0.497 e. The minimum atomic E-state index is -0.160. The van der Waals surface area contributed by atoms with Crippen LogP contribution in [0, 0.1) is 5.92 Å². The number of ether oxygens (including phenoxy) is 2. The minimum Gasteiger partial charge on any atom is -0.497 e. The summed E-state index contributed by atoms with van der Waals surface area (Å²) >= 11 is 7.74. The van der Waals surface area contributed by atoms with Gasteiger partial charge in [-0.1, -0.05) is 17.7 Å². The fourth-order valence-electron chi connectivity index (χ4n) is 4.18. The fourth-order valence-corrected chi connectivity index (χ4v) is 5.05. The van der Waals surface area contributed by atoms with Crippen molar-refractivity contribution in [3.63, 3.8) is 0 Å². The zero-order valence-electron chi connectivity index (χ0n) is 19.2. The number of rotatable bonds is 7. The number of carbonyl (C=O) groups is 2. The number of amides is 2. The molecule has 1 aliphatic rings. The maximum Gasteiger partial charge on any atom is 0.257 e. The van der Waals surface area contributed by atoms with E-state index in [1.807, 2.05) is 46.7 Å². The Morgan fingerprint density at radius 3 is 2.41 bits per heavy atom. The summed E-state index contributed by atoms with van der Waals surface area (Å²) in [5.74, 6) is 1.03. The Morgan fingerprint density at radius 2 is 1.79 bits per heavy atom. The molecular formula is C26H27ClN2O4S. The third-order valence-corrected chi connectivity index (χ3v) is 7.16. The van der Waals surface area contributed by atoms with E-state index in [9.17, 15) is 9.59 Å². The predicted octanol–water partition coefficient (Wildman–Crippen LogP) is 5.50. The smallest absolute Gasteiger partial charge is 0.257 e. The standard InChI is InChI=1S/C26H27ClN2O4S/c1-32-21-8-6-20(7-9-21)29(17-22-4-3-15-34-22)25(30)18-11-13-28(14-12-18)26(31)23-16-19(27)5-10-24(23)33-2/h3-10,15-16,18H,11-14,17H2,1-2H3. The number of anilines is 1. The fraction of sp³-hybridized carbons (Fsp3) is 0.308. The van der Waals surface area contributed by atoms with Crippen molar-refractivity contribution in [2.45, 2.75) is 19.4 Å². The van der Waals surface area contributed by atoms with Crippen LogP contribution in [0.5, 0.6) is 11.5 Å². The van der Waals surface area contributed by atoms with Crippen LogP contribution in [0.25, 0.3) is 0 Å². The van der Waals surface area contributed by atoms with Crippen molar-refractivity contribution in [1.29, 1.82) is 0 Å². The van der Waals surface area contributed by atoms with E-state index in [4.69, 9.17) is 21.1 Å². The summed E-state index contributed by atoms with van der Waals surface area (Å²) in [6.45, 7) is 1.52. The highest BCUT2D eigenvalue weighted by Gasteiger charge is 2.32. The average molecular weight is 499 g/mol. The summed E-state index contributed by atoms with van der Waals surface area (Å²) in [6.07, 6.45) is 1.20. The van der Waals surface area contributed by atoms with Gasteiger partial charge in [0, 0.05) is 34.6 Å². The van der Waals surface area contributed by atoms with Crippen molar-refractivity contribution in [3.05, 3.63) is 75.4 Å². The molecule has 1 fully saturated rings. The molecule has 1 aliphatic heterocycles. The van der Waals surface area contributed by atoms with Crippen LogP contribution < -0.4 is 14.4 Å². The van der Waals surface area contributed by atoms with Crippen LogP contribution in [0.3, 0.4) is 0 Å². The highest BCUT2D eigenvalue weighted by atomic mass is 35.5.